The van der Waals surface area contributed by atoms with Crippen LogP contribution in [0.4, 0.5) is 0 Å². The van der Waals surface area contributed by atoms with Gasteiger partial charge in [-0.15, -0.1) is 0 Å². The molecule has 2 aromatic carbocycles. The SMILES string of the molecule is Cc1ccc(C(=O)OCC(=O)NCCc2ccc(Cl)cc2)c(C)c1. The van der Waals surface area contributed by atoms with Crippen LogP contribution >= 0.6 is 11.6 Å². The van der Waals surface area contributed by atoms with Gasteiger partial charge in [0, 0.05) is 11.6 Å². The molecule has 5 heteroatoms. The fourth-order valence-corrected chi connectivity index (χ4v) is 2.43. The van der Waals surface area contributed by atoms with Crippen LogP contribution in [0.5, 0.6) is 0 Å². The van der Waals surface area contributed by atoms with Crippen molar-refractivity contribution in [1.29, 1.82) is 0 Å². The van der Waals surface area contributed by atoms with Crippen molar-refractivity contribution >= 4 is 23.5 Å². The third-order valence-electron chi connectivity index (χ3n) is 3.59. The molecule has 1 N–H and O–H groups in total. The summed E-state index contributed by atoms with van der Waals surface area (Å²) in [6.07, 6.45) is 0.688. The van der Waals surface area contributed by atoms with Gasteiger partial charge in [0.2, 0.25) is 0 Å². The van der Waals surface area contributed by atoms with Gasteiger partial charge in [-0.3, -0.25) is 4.79 Å². The molecular formula is C19H20ClNO3. The van der Waals surface area contributed by atoms with Crippen LogP contribution in [0, 0.1) is 13.8 Å². The minimum Gasteiger partial charge on any atom is -0.452 e. The predicted molar refractivity (Wildman–Crippen MR) is 94.4 cm³/mol. The van der Waals surface area contributed by atoms with E-state index in [0.29, 0.717) is 23.6 Å². The molecule has 0 fully saturated rings. The maximum absolute atomic E-state index is 12.0. The minimum absolute atomic E-state index is 0.285. The number of carbonyl (C=O) groups is 2. The number of hydrogen-bond donors (Lipinski definition) is 1. The molecule has 0 saturated heterocycles. The van der Waals surface area contributed by atoms with Crippen LogP contribution in [0.3, 0.4) is 0 Å². The van der Waals surface area contributed by atoms with Gasteiger partial charge in [-0.2, -0.15) is 0 Å². The van der Waals surface area contributed by atoms with Gasteiger partial charge in [0.05, 0.1) is 5.56 Å². The quantitative estimate of drug-likeness (QED) is 0.815. The zero-order chi connectivity index (χ0) is 17.5. The fourth-order valence-electron chi connectivity index (χ4n) is 2.30. The van der Waals surface area contributed by atoms with Crippen molar-refractivity contribution in [3.8, 4) is 0 Å². The minimum atomic E-state index is -0.486. The van der Waals surface area contributed by atoms with E-state index in [9.17, 15) is 9.59 Å². The van der Waals surface area contributed by atoms with Crippen molar-refractivity contribution in [1.82, 2.24) is 5.32 Å². The standard InChI is InChI=1S/C19H20ClNO3/c1-13-3-8-17(14(2)11-13)19(23)24-12-18(22)21-10-9-15-4-6-16(20)7-5-15/h3-8,11H,9-10,12H2,1-2H3,(H,21,22). The lowest BCUT2D eigenvalue weighted by atomic mass is 10.1. The number of amides is 1. The van der Waals surface area contributed by atoms with Gasteiger partial charge in [-0.25, -0.2) is 4.79 Å². The van der Waals surface area contributed by atoms with Crippen LogP contribution in [-0.4, -0.2) is 25.0 Å². The normalized spacial score (nSPS) is 10.3. The Bertz CT molecular complexity index is 726. The number of esters is 1. The molecule has 4 nitrogen and oxygen atoms in total. The summed E-state index contributed by atoms with van der Waals surface area (Å²) in [6.45, 7) is 3.99. The van der Waals surface area contributed by atoms with Crippen molar-refractivity contribution in [3.63, 3.8) is 0 Å². The first-order valence-electron chi connectivity index (χ1n) is 7.71. The molecule has 0 aliphatic rings. The summed E-state index contributed by atoms with van der Waals surface area (Å²) in [5.74, 6) is -0.803. The summed E-state index contributed by atoms with van der Waals surface area (Å²) < 4.78 is 5.06. The van der Waals surface area contributed by atoms with E-state index in [1.807, 2.05) is 50.2 Å². The van der Waals surface area contributed by atoms with E-state index >= 15 is 0 Å². The van der Waals surface area contributed by atoms with Crippen molar-refractivity contribution in [2.45, 2.75) is 20.3 Å². The van der Waals surface area contributed by atoms with Gasteiger partial charge in [-0.05, 0) is 49.6 Å². The van der Waals surface area contributed by atoms with Crippen molar-refractivity contribution in [2.24, 2.45) is 0 Å². The number of hydrogen-bond acceptors (Lipinski definition) is 3. The van der Waals surface area contributed by atoms with E-state index in [4.69, 9.17) is 16.3 Å². The molecule has 0 bridgehead atoms. The first kappa shape index (κ1) is 18.0. The van der Waals surface area contributed by atoms with Gasteiger partial charge in [0.25, 0.3) is 5.91 Å². The Morgan fingerprint density at radius 3 is 2.46 bits per heavy atom. The second-order valence-electron chi connectivity index (χ2n) is 5.62. The van der Waals surface area contributed by atoms with Crippen molar-refractivity contribution in [2.75, 3.05) is 13.2 Å². The van der Waals surface area contributed by atoms with Gasteiger partial charge in [-0.1, -0.05) is 41.4 Å². The second kappa shape index (κ2) is 8.50. The number of nitrogens with one attached hydrogen (secondary N) is 1. The molecule has 126 valence electrons. The average molecular weight is 346 g/mol. The molecule has 24 heavy (non-hydrogen) atoms. The van der Waals surface area contributed by atoms with E-state index in [-0.39, 0.29) is 12.5 Å². The highest BCUT2D eigenvalue weighted by Crippen LogP contribution is 2.12. The highest BCUT2D eigenvalue weighted by atomic mass is 35.5. The first-order valence-corrected chi connectivity index (χ1v) is 8.09. The van der Waals surface area contributed by atoms with Gasteiger partial charge in [0.1, 0.15) is 0 Å². The zero-order valence-corrected chi connectivity index (χ0v) is 14.5. The molecule has 1 amide bonds. The molecule has 0 heterocycles. The lowest BCUT2D eigenvalue weighted by Crippen LogP contribution is -2.30. The summed E-state index contributed by atoms with van der Waals surface area (Å²) >= 11 is 5.82. The van der Waals surface area contributed by atoms with E-state index in [1.54, 1.807) is 6.07 Å². The number of benzene rings is 2. The van der Waals surface area contributed by atoms with E-state index < -0.39 is 5.97 Å². The molecule has 0 atom stereocenters. The smallest absolute Gasteiger partial charge is 0.338 e. The fraction of sp³-hybridized carbons (Fsp3) is 0.263. The zero-order valence-electron chi connectivity index (χ0n) is 13.8. The Labute approximate surface area is 146 Å². The summed E-state index contributed by atoms with van der Waals surface area (Å²) in [5.41, 5.74) is 3.47. The van der Waals surface area contributed by atoms with Crippen LogP contribution in [0.25, 0.3) is 0 Å². The monoisotopic (exact) mass is 345 g/mol. The number of rotatable bonds is 6. The van der Waals surface area contributed by atoms with Gasteiger partial charge >= 0.3 is 5.97 Å². The molecule has 2 rings (SSSR count). The summed E-state index contributed by atoms with van der Waals surface area (Å²) in [5, 5.41) is 3.41. The predicted octanol–water partition coefficient (Wildman–Crippen LogP) is 3.47. The van der Waals surface area contributed by atoms with E-state index in [2.05, 4.69) is 5.32 Å². The molecule has 0 aliphatic heterocycles. The maximum atomic E-state index is 12.0. The number of carbonyl (C=O) groups excluding carboxylic acids is 2. The van der Waals surface area contributed by atoms with Crippen LogP contribution < -0.4 is 5.32 Å². The van der Waals surface area contributed by atoms with Gasteiger partial charge < -0.3 is 10.1 Å². The van der Waals surface area contributed by atoms with Crippen molar-refractivity contribution < 1.29 is 14.3 Å². The van der Waals surface area contributed by atoms with Crippen molar-refractivity contribution in [3.05, 3.63) is 69.7 Å². The topological polar surface area (TPSA) is 55.4 Å². The lowest BCUT2D eigenvalue weighted by Gasteiger charge is -2.08. The Morgan fingerprint density at radius 1 is 1.08 bits per heavy atom. The Hall–Kier alpha value is -2.33. The average Bonchev–Trinajstić information content (AvgIpc) is 2.54. The van der Waals surface area contributed by atoms with E-state index in [1.165, 1.54) is 0 Å². The number of halogens is 1. The van der Waals surface area contributed by atoms with Crippen LogP contribution in [0.2, 0.25) is 5.02 Å². The third-order valence-corrected chi connectivity index (χ3v) is 3.84. The maximum Gasteiger partial charge on any atom is 0.338 e. The molecule has 0 spiro atoms. The largest absolute Gasteiger partial charge is 0.452 e. The number of aryl methyl sites for hydroxylation is 2. The van der Waals surface area contributed by atoms with E-state index in [0.717, 1.165) is 16.7 Å². The van der Waals surface area contributed by atoms with Crippen LogP contribution in [-0.2, 0) is 16.0 Å². The molecule has 0 radical (unpaired) electrons. The lowest BCUT2D eigenvalue weighted by molar-refractivity contribution is -0.124. The molecule has 0 saturated carbocycles. The third kappa shape index (κ3) is 5.39. The second-order valence-corrected chi connectivity index (χ2v) is 6.06. The molecule has 0 aliphatic carbocycles. The first-order chi connectivity index (χ1) is 11.5. The highest BCUT2D eigenvalue weighted by Gasteiger charge is 2.12. The summed E-state index contributed by atoms with van der Waals surface area (Å²) in [7, 11) is 0. The Balaban J connectivity index is 1.74. The van der Waals surface area contributed by atoms with Crippen LogP contribution in [0.1, 0.15) is 27.0 Å². The molecule has 2 aromatic rings. The summed E-state index contributed by atoms with van der Waals surface area (Å²) in [4.78, 5) is 23.7. The Kier molecular flexibility index (Phi) is 6.38. The highest BCUT2D eigenvalue weighted by molar-refractivity contribution is 6.30. The molecule has 0 unspecified atom stereocenters. The Morgan fingerprint density at radius 2 is 1.79 bits per heavy atom. The molecular weight excluding hydrogens is 326 g/mol. The molecule has 0 aromatic heterocycles. The summed E-state index contributed by atoms with van der Waals surface area (Å²) in [6, 6.07) is 12.9. The van der Waals surface area contributed by atoms with Crippen LogP contribution in [0.15, 0.2) is 42.5 Å². The number of ether oxygens (including phenoxy) is 1. The van der Waals surface area contributed by atoms with Gasteiger partial charge in [0.15, 0.2) is 6.61 Å².